The van der Waals surface area contributed by atoms with Crippen molar-refractivity contribution in [3.8, 4) is 5.75 Å². The molecule has 2 fully saturated rings. The molecule has 0 spiro atoms. The number of carbonyl (C=O) groups excluding carboxylic acids is 1. The van der Waals surface area contributed by atoms with Crippen LogP contribution in [0.4, 0.5) is 4.39 Å². The number of alkyl halides is 2. The lowest BCUT2D eigenvalue weighted by Crippen LogP contribution is -2.47. The van der Waals surface area contributed by atoms with E-state index in [1.54, 1.807) is 25.1 Å². The average Bonchev–Trinajstić information content (AvgIpc) is 3.32. The molecule has 2 unspecified atom stereocenters. The number of fused-ring (bicyclic) bond motifs is 1. The summed E-state index contributed by atoms with van der Waals surface area (Å²) in [5.41, 5.74) is -4.33. The Labute approximate surface area is 220 Å². The number of nitrogens with zero attached hydrogens (tertiary/aromatic N) is 1. The molecule has 1 aliphatic heterocycles. The number of para-hydroxylation sites is 1. The van der Waals surface area contributed by atoms with Gasteiger partial charge in [-0.1, -0.05) is 29.8 Å². The van der Waals surface area contributed by atoms with Gasteiger partial charge in [0, 0.05) is 19.4 Å². The second-order valence-electron chi connectivity index (χ2n) is 8.86. The quantitative estimate of drug-likeness (QED) is 0.199. The number of aromatic amines is 1. The molecule has 38 heavy (non-hydrogen) atoms. The molecule has 1 saturated heterocycles. The lowest BCUT2D eigenvalue weighted by molar-refractivity contribution is -0.152. The van der Waals surface area contributed by atoms with E-state index < -0.39 is 66.3 Å². The maximum atomic E-state index is 15.7. The fourth-order valence-electron chi connectivity index (χ4n) is 3.99. The zero-order valence-electron chi connectivity index (χ0n) is 20.4. The number of nitrogens with one attached hydrogen (secondary N) is 2. The minimum absolute atomic E-state index is 0.0745. The van der Waals surface area contributed by atoms with Crippen LogP contribution in [0.5, 0.6) is 5.75 Å². The Bertz CT molecular complexity index is 1340. The van der Waals surface area contributed by atoms with Crippen molar-refractivity contribution in [3.05, 3.63) is 63.4 Å². The van der Waals surface area contributed by atoms with Gasteiger partial charge in [-0.3, -0.25) is 23.7 Å². The zero-order chi connectivity index (χ0) is 27.9. The van der Waals surface area contributed by atoms with Crippen LogP contribution in [0.3, 0.4) is 0 Å². The molecule has 2 aromatic rings. The van der Waals surface area contributed by atoms with Crippen molar-refractivity contribution in [3.63, 3.8) is 0 Å². The third kappa shape index (κ3) is 5.30. The summed E-state index contributed by atoms with van der Waals surface area (Å²) in [6.45, 7) is 3.05. The Morgan fingerprint density at radius 3 is 2.58 bits per heavy atom. The van der Waals surface area contributed by atoms with Crippen molar-refractivity contribution in [2.75, 3.05) is 13.7 Å². The monoisotopic (exact) mass is 577 g/mol. The minimum atomic E-state index is -4.53. The number of methoxy groups -OCH3 is 1. The Morgan fingerprint density at radius 2 is 2.00 bits per heavy atom. The van der Waals surface area contributed by atoms with Crippen LogP contribution in [0.2, 0.25) is 0 Å². The maximum absolute atomic E-state index is 15.7. The molecule has 2 heterocycles. The second-order valence-corrected chi connectivity index (χ2v) is 11.1. The fourth-order valence-corrected chi connectivity index (χ4v) is 6.06. The van der Waals surface area contributed by atoms with Gasteiger partial charge in [0.1, 0.15) is 30.1 Å². The largest absolute Gasteiger partial charge is 0.459 e. The topological polar surface area (TPSA) is 167 Å². The Hall–Kier alpha value is -2.58. The number of hydrogen-bond acceptors (Lipinski definition) is 10. The number of ether oxygens (including phenoxy) is 3. The highest BCUT2D eigenvalue weighted by Crippen LogP contribution is 2.67. The predicted molar refractivity (Wildman–Crippen MR) is 129 cm³/mol. The average molecular weight is 578 g/mol. The van der Waals surface area contributed by atoms with E-state index in [-0.39, 0.29) is 12.4 Å². The number of aromatic nitrogens is 2. The summed E-state index contributed by atoms with van der Waals surface area (Å²) >= 11 is 6.03. The first-order valence-corrected chi connectivity index (χ1v) is 13.3. The summed E-state index contributed by atoms with van der Waals surface area (Å²) in [6.07, 6.45) is -4.61. The molecule has 8 atom stereocenters. The molecule has 2 aliphatic rings. The number of hydrogen-bond donors (Lipinski definition) is 3. The molecule has 1 saturated carbocycles. The molecule has 208 valence electrons. The van der Waals surface area contributed by atoms with E-state index in [0.717, 1.165) is 12.3 Å². The number of benzene rings is 1. The van der Waals surface area contributed by atoms with Crippen molar-refractivity contribution in [2.24, 2.45) is 0 Å². The maximum Gasteiger partial charge on any atom is 0.459 e. The predicted octanol–water partition coefficient (Wildman–Crippen LogP) is 1.21. The van der Waals surface area contributed by atoms with Gasteiger partial charge < -0.3 is 23.8 Å². The molecule has 1 aromatic carbocycles. The minimum Gasteiger partial charge on any atom is -0.459 e. The van der Waals surface area contributed by atoms with Gasteiger partial charge in [0.25, 0.3) is 10.7 Å². The third-order valence-corrected chi connectivity index (χ3v) is 8.05. The van der Waals surface area contributed by atoms with Crippen LogP contribution in [0.25, 0.3) is 0 Å². The number of H-pyrrole nitrogens is 1. The van der Waals surface area contributed by atoms with Crippen LogP contribution >= 0.6 is 19.3 Å². The van der Waals surface area contributed by atoms with E-state index in [1.165, 1.54) is 26.2 Å². The van der Waals surface area contributed by atoms with Crippen LogP contribution in [0.1, 0.15) is 20.1 Å². The number of esters is 1. The normalized spacial score (nSPS) is 31.1. The molecular formula is C22H26ClFN3O10P. The molecule has 0 amide bonds. The Balaban J connectivity index is 1.55. The van der Waals surface area contributed by atoms with Crippen molar-refractivity contribution >= 4 is 25.3 Å². The van der Waals surface area contributed by atoms with Gasteiger partial charge in [-0.2, -0.15) is 5.09 Å². The standard InChI is InChI=1S/C22H26ClFN3O10P/c1-12(11-33-3)34-18(29)13(2)26-38(32,36-14-7-5-4-6-8-14)37-17-16-21(17,31)22(23,24)19(35-16)27-10-9-15(28)25-20(27)30/h4-10,12-13,16-17,19,31H,11H2,1-3H3,(H,26,32)(H,25,28,30)/t12-,13+,16-,17?,19-,21+,22+,38?/m1/s1. The van der Waals surface area contributed by atoms with Crippen molar-refractivity contribution in [1.29, 1.82) is 0 Å². The van der Waals surface area contributed by atoms with Crippen molar-refractivity contribution in [1.82, 2.24) is 14.6 Å². The first-order valence-electron chi connectivity index (χ1n) is 11.4. The molecule has 0 radical (unpaired) electrons. The van der Waals surface area contributed by atoms with Crippen LogP contribution in [-0.4, -0.2) is 69.4 Å². The first kappa shape index (κ1) is 28.4. The zero-order valence-corrected chi connectivity index (χ0v) is 22.1. The summed E-state index contributed by atoms with van der Waals surface area (Å²) in [5, 5.41) is 10.3. The van der Waals surface area contributed by atoms with Gasteiger partial charge in [0.2, 0.25) is 0 Å². The van der Waals surface area contributed by atoms with E-state index in [9.17, 15) is 24.1 Å². The number of rotatable bonds is 11. The fraction of sp³-hybridized carbons (Fsp3) is 0.500. The summed E-state index contributed by atoms with van der Waals surface area (Å²) in [6, 6.07) is 7.47. The molecule has 1 aliphatic carbocycles. The van der Waals surface area contributed by atoms with Gasteiger partial charge >= 0.3 is 19.4 Å². The number of halogens is 2. The van der Waals surface area contributed by atoms with Gasteiger partial charge in [-0.15, -0.1) is 0 Å². The highest BCUT2D eigenvalue weighted by molar-refractivity contribution is 7.52. The molecule has 16 heteroatoms. The number of carbonyl (C=O) groups is 1. The van der Waals surface area contributed by atoms with E-state index in [0.29, 0.717) is 4.57 Å². The first-order chi connectivity index (χ1) is 17.8. The molecule has 1 aromatic heterocycles. The van der Waals surface area contributed by atoms with Gasteiger partial charge in [-0.25, -0.2) is 13.8 Å². The van der Waals surface area contributed by atoms with Crippen LogP contribution in [0.15, 0.2) is 52.2 Å². The third-order valence-electron chi connectivity index (χ3n) is 5.90. The van der Waals surface area contributed by atoms with Gasteiger partial charge in [0.05, 0.1) is 6.61 Å². The molecule has 0 bridgehead atoms. The number of aliphatic hydroxyl groups is 1. The van der Waals surface area contributed by atoms with Crippen LogP contribution in [0, 0.1) is 0 Å². The van der Waals surface area contributed by atoms with E-state index in [2.05, 4.69) is 5.09 Å². The Morgan fingerprint density at radius 1 is 1.32 bits per heavy atom. The van der Waals surface area contributed by atoms with Gasteiger partial charge in [-0.05, 0) is 26.0 Å². The molecule has 13 nitrogen and oxygen atoms in total. The summed E-state index contributed by atoms with van der Waals surface area (Å²) in [7, 11) is -3.10. The van der Waals surface area contributed by atoms with E-state index in [1.807, 2.05) is 4.98 Å². The van der Waals surface area contributed by atoms with Gasteiger partial charge in [0.15, 0.2) is 11.8 Å². The van der Waals surface area contributed by atoms with Crippen LogP contribution < -0.4 is 20.9 Å². The highest BCUT2D eigenvalue weighted by Gasteiger charge is 2.87. The summed E-state index contributed by atoms with van der Waals surface area (Å²) in [4.78, 5) is 37.9. The molecule has 3 N–H and O–H groups in total. The lowest BCUT2D eigenvalue weighted by Gasteiger charge is -2.30. The van der Waals surface area contributed by atoms with E-state index in [4.69, 9.17) is 34.9 Å². The SMILES string of the molecule is COC[C@@H](C)OC(=O)[C@H](C)NP(=O)(Oc1ccccc1)OC1[C@H]2O[C@@H](n3ccc(=O)[nH]c3=O)[C@@](F)(Cl)[C@@]12O. The summed E-state index contributed by atoms with van der Waals surface area (Å²) < 4.78 is 56.8. The smallest absolute Gasteiger partial charge is 0.459 e. The van der Waals surface area contributed by atoms with Crippen molar-refractivity contribution in [2.45, 2.75) is 55.2 Å². The second kappa shape index (κ2) is 10.5. The van der Waals surface area contributed by atoms with E-state index >= 15 is 4.39 Å². The molecule has 4 rings (SSSR count). The Kier molecular flexibility index (Phi) is 7.88. The van der Waals surface area contributed by atoms with Crippen LogP contribution in [-0.2, 0) is 28.1 Å². The van der Waals surface area contributed by atoms with Crippen molar-refractivity contribution < 1.29 is 42.1 Å². The lowest BCUT2D eigenvalue weighted by atomic mass is 10.1. The highest BCUT2D eigenvalue weighted by atomic mass is 35.5. The molecular weight excluding hydrogens is 552 g/mol. The summed E-state index contributed by atoms with van der Waals surface area (Å²) in [5.74, 6) is -0.735.